The minimum absolute atomic E-state index is 0.0362. The van der Waals surface area contributed by atoms with Crippen molar-refractivity contribution in [2.75, 3.05) is 13.7 Å². The lowest BCUT2D eigenvalue weighted by molar-refractivity contribution is 0.0939. The number of ether oxygens (including phenoxy) is 1. The van der Waals surface area contributed by atoms with Crippen molar-refractivity contribution < 1.29 is 9.53 Å². The van der Waals surface area contributed by atoms with Crippen LogP contribution in [0.5, 0.6) is 0 Å². The average molecular weight is 219 g/mol. The first-order valence-corrected chi connectivity index (χ1v) is 5.70. The predicted octanol–water partition coefficient (Wildman–Crippen LogP) is 2.07. The molecule has 86 valence electrons. The lowest BCUT2D eigenvalue weighted by Gasteiger charge is -2.20. The van der Waals surface area contributed by atoms with E-state index in [4.69, 9.17) is 4.74 Å². The Kier molecular flexibility index (Phi) is 3.25. The Labute approximate surface area is 95.8 Å². The van der Waals surface area contributed by atoms with Crippen molar-refractivity contribution in [1.82, 2.24) is 5.32 Å². The van der Waals surface area contributed by atoms with E-state index in [9.17, 15) is 4.79 Å². The highest BCUT2D eigenvalue weighted by Crippen LogP contribution is 2.24. The van der Waals surface area contributed by atoms with Gasteiger partial charge < -0.3 is 10.1 Å². The topological polar surface area (TPSA) is 38.3 Å². The number of rotatable bonds is 3. The molecule has 2 rings (SSSR count). The molecule has 1 amide bonds. The van der Waals surface area contributed by atoms with Gasteiger partial charge in [-0.05, 0) is 30.0 Å². The quantitative estimate of drug-likeness (QED) is 0.845. The first-order valence-electron chi connectivity index (χ1n) is 5.70. The molecule has 1 aromatic carbocycles. The largest absolute Gasteiger partial charge is 0.377 e. The number of fused-ring (bicyclic) bond motifs is 1. The highest BCUT2D eigenvalue weighted by Gasteiger charge is 2.18. The molecule has 1 aliphatic heterocycles. The molecule has 1 N–H and O–H groups in total. The SMILES string of the molecule is CCC(OC)c1ccc2c(c1)C(=O)NCC2. The number of nitrogens with one attached hydrogen (secondary N) is 1. The van der Waals surface area contributed by atoms with Crippen LogP contribution in [0.15, 0.2) is 18.2 Å². The predicted molar refractivity (Wildman–Crippen MR) is 62.5 cm³/mol. The normalized spacial score (nSPS) is 16.5. The number of hydrogen-bond acceptors (Lipinski definition) is 2. The average Bonchev–Trinajstić information content (AvgIpc) is 2.32. The van der Waals surface area contributed by atoms with Crippen LogP contribution in [-0.4, -0.2) is 19.6 Å². The molecule has 0 aromatic heterocycles. The number of benzene rings is 1. The monoisotopic (exact) mass is 219 g/mol. The van der Waals surface area contributed by atoms with Crippen LogP contribution in [0.3, 0.4) is 0 Å². The van der Waals surface area contributed by atoms with Crippen LogP contribution in [-0.2, 0) is 11.2 Å². The third-order valence-corrected chi connectivity index (χ3v) is 3.09. The van der Waals surface area contributed by atoms with Crippen molar-refractivity contribution in [3.63, 3.8) is 0 Å². The van der Waals surface area contributed by atoms with Gasteiger partial charge in [0.05, 0.1) is 6.10 Å². The Bertz CT molecular complexity index is 397. The third kappa shape index (κ3) is 1.95. The maximum absolute atomic E-state index is 11.7. The summed E-state index contributed by atoms with van der Waals surface area (Å²) < 4.78 is 5.38. The highest BCUT2D eigenvalue weighted by molar-refractivity contribution is 5.96. The van der Waals surface area contributed by atoms with E-state index in [-0.39, 0.29) is 12.0 Å². The first kappa shape index (κ1) is 11.1. The fourth-order valence-electron chi connectivity index (χ4n) is 2.17. The smallest absolute Gasteiger partial charge is 0.251 e. The van der Waals surface area contributed by atoms with Gasteiger partial charge >= 0.3 is 0 Å². The first-order chi connectivity index (χ1) is 7.76. The van der Waals surface area contributed by atoms with E-state index in [2.05, 4.69) is 18.3 Å². The molecular formula is C13H17NO2. The maximum Gasteiger partial charge on any atom is 0.251 e. The van der Waals surface area contributed by atoms with Gasteiger partial charge in [-0.1, -0.05) is 19.1 Å². The third-order valence-electron chi connectivity index (χ3n) is 3.09. The fourth-order valence-corrected chi connectivity index (χ4v) is 2.17. The minimum atomic E-state index is 0.0362. The van der Waals surface area contributed by atoms with Gasteiger partial charge in [0.15, 0.2) is 0 Å². The van der Waals surface area contributed by atoms with Crippen molar-refractivity contribution in [2.24, 2.45) is 0 Å². The molecule has 0 spiro atoms. The molecule has 0 saturated heterocycles. The lowest BCUT2D eigenvalue weighted by Crippen LogP contribution is -2.31. The molecule has 0 aliphatic carbocycles. The van der Waals surface area contributed by atoms with Gasteiger partial charge in [-0.25, -0.2) is 0 Å². The lowest BCUT2D eigenvalue weighted by atomic mass is 9.95. The zero-order valence-corrected chi connectivity index (χ0v) is 9.75. The van der Waals surface area contributed by atoms with E-state index in [1.54, 1.807) is 7.11 Å². The Morgan fingerprint density at radius 1 is 1.50 bits per heavy atom. The van der Waals surface area contributed by atoms with Gasteiger partial charge in [0.25, 0.3) is 5.91 Å². The van der Waals surface area contributed by atoms with Crippen LogP contribution < -0.4 is 5.32 Å². The Morgan fingerprint density at radius 2 is 2.31 bits per heavy atom. The standard InChI is InChI=1S/C13H17NO2/c1-3-12(16-2)10-5-4-9-6-7-14-13(15)11(9)8-10/h4-5,8,12H,3,6-7H2,1-2H3,(H,14,15). The molecule has 16 heavy (non-hydrogen) atoms. The van der Waals surface area contributed by atoms with Crippen molar-refractivity contribution in [3.05, 3.63) is 34.9 Å². The van der Waals surface area contributed by atoms with Gasteiger partial charge in [0.1, 0.15) is 0 Å². The van der Waals surface area contributed by atoms with Crippen molar-refractivity contribution in [3.8, 4) is 0 Å². The summed E-state index contributed by atoms with van der Waals surface area (Å²) >= 11 is 0. The highest BCUT2D eigenvalue weighted by atomic mass is 16.5. The molecular weight excluding hydrogens is 202 g/mol. The molecule has 3 heteroatoms. The maximum atomic E-state index is 11.7. The summed E-state index contributed by atoms with van der Waals surface area (Å²) in [5.41, 5.74) is 3.03. The number of carbonyl (C=O) groups excluding carboxylic acids is 1. The molecule has 0 saturated carbocycles. The molecule has 1 unspecified atom stereocenters. The Hall–Kier alpha value is -1.35. The van der Waals surface area contributed by atoms with Gasteiger partial charge in [0, 0.05) is 19.2 Å². The van der Waals surface area contributed by atoms with E-state index >= 15 is 0 Å². The van der Waals surface area contributed by atoms with Gasteiger partial charge in [0.2, 0.25) is 0 Å². The van der Waals surface area contributed by atoms with Gasteiger partial charge in [-0.15, -0.1) is 0 Å². The number of methoxy groups -OCH3 is 1. The van der Waals surface area contributed by atoms with E-state index in [1.807, 2.05) is 12.1 Å². The van der Waals surface area contributed by atoms with Crippen molar-refractivity contribution in [1.29, 1.82) is 0 Å². The van der Waals surface area contributed by atoms with Crippen LogP contribution in [0.1, 0.15) is 40.9 Å². The molecule has 0 bridgehead atoms. The second kappa shape index (κ2) is 4.66. The summed E-state index contributed by atoms with van der Waals surface area (Å²) in [5.74, 6) is 0.0362. The van der Waals surface area contributed by atoms with Gasteiger partial charge in [-0.2, -0.15) is 0 Å². The van der Waals surface area contributed by atoms with Crippen molar-refractivity contribution in [2.45, 2.75) is 25.9 Å². The number of amides is 1. The Balaban J connectivity index is 2.37. The van der Waals surface area contributed by atoms with E-state index < -0.39 is 0 Å². The van der Waals surface area contributed by atoms with Crippen LogP contribution >= 0.6 is 0 Å². The summed E-state index contributed by atoms with van der Waals surface area (Å²) in [6, 6.07) is 6.07. The summed E-state index contributed by atoms with van der Waals surface area (Å²) in [6.45, 7) is 2.82. The molecule has 0 radical (unpaired) electrons. The number of hydrogen-bond donors (Lipinski definition) is 1. The molecule has 0 fully saturated rings. The van der Waals surface area contributed by atoms with Crippen LogP contribution in [0.2, 0.25) is 0 Å². The van der Waals surface area contributed by atoms with Crippen LogP contribution in [0.4, 0.5) is 0 Å². The number of carbonyl (C=O) groups is 1. The summed E-state index contributed by atoms with van der Waals surface area (Å²) in [6.07, 6.45) is 1.92. The van der Waals surface area contributed by atoms with Crippen LogP contribution in [0, 0.1) is 0 Å². The minimum Gasteiger partial charge on any atom is -0.377 e. The zero-order valence-electron chi connectivity index (χ0n) is 9.75. The zero-order chi connectivity index (χ0) is 11.5. The molecule has 1 aliphatic rings. The molecule has 1 aromatic rings. The molecule has 1 atom stereocenters. The summed E-state index contributed by atoms with van der Waals surface area (Å²) in [4.78, 5) is 11.7. The van der Waals surface area contributed by atoms with E-state index in [0.29, 0.717) is 0 Å². The fraction of sp³-hybridized carbons (Fsp3) is 0.462. The van der Waals surface area contributed by atoms with E-state index in [0.717, 1.165) is 36.1 Å². The second-order valence-corrected chi connectivity index (χ2v) is 4.06. The van der Waals surface area contributed by atoms with Crippen molar-refractivity contribution >= 4 is 5.91 Å². The van der Waals surface area contributed by atoms with E-state index in [1.165, 1.54) is 0 Å². The summed E-state index contributed by atoms with van der Waals surface area (Å²) in [7, 11) is 1.70. The second-order valence-electron chi connectivity index (χ2n) is 4.06. The van der Waals surface area contributed by atoms with Crippen LogP contribution in [0.25, 0.3) is 0 Å². The summed E-state index contributed by atoms with van der Waals surface area (Å²) in [5, 5.41) is 2.86. The Morgan fingerprint density at radius 3 is 3.00 bits per heavy atom. The van der Waals surface area contributed by atoms with Gasteiger partial charge in [-0.3, -0.25) is 4.79 Å². The molecule has 3 nitrogen and oxygen atoms in total. The molecule has 1 heterocycles.